The number of benzene rings is 3. The van der Waals surface area contributed by atoms with E-state index in [1.54, 1.807) is 24.3 Å². The minimum Gasteiger partial charge on any atom is -0.494 e. The SMILES string of the molecule is CCOc1ccc(Oc2ccc(NC(=O)CCOc3ccccc3OCC)cc2)cc1. The maximum atomic E-state index is 12.2. The van der Waals surface area contributed by atoms with Crippen molar-refractivity contribution < 1.29 is 23.7 Å². The van der Waals surface area contributed by atoms with E-state index >= 15 is 0 Å². The largest absolute Gasteiger partial charge is 0.494 e. The van der Waals surface area contributed by atoms with E-state index in [9.17, 15) is 4.79 Å². The van der Waals surface area contributed by atoms with Gasteiger partial charge in [-0.25, -0.2) is 0 Å². The molecule has 0 spiro atoms. The van der Waals surface area contributed by atoms with Crippen molar-refractivity contribution in [3.05, 3.63) is 72.8 Å². The Bertz CT molecular complexity index is 954. The van der Waals surface area contributed by atoms with Gasteiger partial charge < -0.3 is 24.3 Å². The predicted molar refractivity (Wildman–Crippen MR) is 120 cm³/mol. The molecule has 6 nitrogen and oxygen atoms in total. The first-order valence-corrected chi connectivity index (χ1v) is 10.3. The molecule has 3 aromatic rings. The van der Waals surface area contributed by atoms with Gasteiger partial charge in [-0.2, -0.15) is 0 Å². The van der Waals surface area contributed by atoms with E-state index in [1.807, 2.05) is 62.4 Å². The Balaban J connectivity index is 1.45. The van der Waals surface area contributed by atoms with Crippen LogP contribution in [0.1, 0.15) is 20.3 Å². The van der Waals surface area contributed by atoms with Crippen molar-refractivity contribution in [2.24, 2.45) is 0 Å². The third kappa shape index (κ3) is 6.96. The highest BCUT2D eigenvalue weighted by Crippen LogP contribution is 2.27. The van der Waals surface area contributed by atoms with Crippen LogP contribution in [0.2, 0.25) is 0 Å². The Morgan fingerprint density at radius 3 is 1.87 bits per heavy atom. The van der Waals surface area contributed by atoms with Gasteiger partial charge in [0.1, 0.15) is 17.2 Å². The molecular formula is C25H27NO5. The van der Waals surface area contributed by atoms with Crippen molar-refractivity contribution in [3.63, 3.8) is 0 Å². The monoisotopic (exact) mass is 421 g/mol. The molecule has 1 N–H and O–H groups in total. The number of nitrogens with one attached hydrogen (secondary N) is 1. The van der Waals surface area contributed by atoms with E-state index in [-0.39, 0.29) is 18.9 Å². The molecule has 0 aliphatic carbocycles. The number of anilines is 1. The summed E-state index contributed by atoms with van der Waals surface area (Å²) in [6, 6.07) is 22.1. The third-order valence-corrected chi connectivity index (χ3v) is 4.24. The maximum Gasteiger partial charge on any atom is 0.227 e. The lowest BCUT2D eigenvalue weighted by Crippen LogP contribution is -2.15. The van der Waals surface area contributed by atoms with Crippen molar-refractivity contribution in [2.75, 3.05) is 25.1 Å². The average molecular weight is 421 g/mol. The molecule has 3 aromatic carbocycles. The van der Waals surface area contributed by atoms with Crippen molar-refractivity contribution in [1.29, 1.82) is 0 Å². The van der Waals surface area contributed by atoms with E-state index in [0.29, 0.717) is 41.9 Å². The number of para-hydroxylation sites is 2. The van der Waals surface area contributed by atoms with Gasteiger partial charge >= 0.3 is 0 Å². The average Bonchev–Trinajstić information content (AvgIpc) is 2.78. The minimum atomic E-state index is -0.130. The summed E-state index contributed by atoms with van der Waals surface area (Å²) >= 11 is 0. The number of carbonyl (C=O) groups is 1. The molecule has 0 bridgehead atoms. The summed E-state index contributed by atoms with van der Waals surface area (Å²) in [4.78, 5) is 12.2. The van der Waals surface area contributed by atoms with Gasteiger partial charge in [-0.05, 0) is 74.5 Å². The predicted octanol–water partition coefficient (Wildman–Crippen LogP) is 5.68. The molecule has 0 heterocycles. The zero-order valence-corrected chi connectivity index (χ0v) is 17.8. The molecule has 0 aliphatic heterocycles. The van der Waals surface area contributed by atoms with Crippen molar-refractivity contribution in [2.45, 2.75) is 20.3 Å². The topological polar surface area (TPSA) is 66.0 Å². The fourth-order valence-electron chi connectivity index (χ4n) is 2.83. The van der Waals surface area contributed by atoms with Crippen molar-refractivity contribution >= 4 is 11.6 Å². The molecule has 6 heteroatoms. The van der Waals surface area contributed by atoms with Crippen LogP contribution >= 0.6 is 0 Å². The molecule has 1 amide bonds. The number of hydrogen-bond acceptors (Lipinski definition) is 5. The van der Waals surface area contributed by atoms with Crippen LogP contribution in [0.15, 0.2) is 72.8 Å². The van der Waals surface area contributed by atoms with Gasteiger partial charge in [-0.1, -0.05) is 12.1 Å². The molecule has 162 valence electrons. The highest BCUT2D eigenvalue weighted by atomic mass is 16.5. The molecule has 0 unspecified atom stereocenters. The lowest BCUT2D eigenvalue weighted by atomic mass is 10.3. The third-order valence-electron chi connectivity index (χ3n) is 4.24. The second kappa shape index (κ2) is 11.5. The molecule has 0 radical (unpaired) electrons. The number of hydrogen-bond donors (Lipinski definition) is 1. The van der Waals surface area contributed by atoms with Gasteiger partial charge in [0.15, 0.2) is 11.5 Å². The number of amides is 1. The second-order valence-electron chi connectivity index (χ2n) is 6.56. The first-order chi connectivity index (χ1) is 15.2. The van der Waals surface area contributed by atoms with E-state index in [2.05, 4.69) is 5.32 Å². The van der Waals surface area contributed by atoms with Crippen LogP contribution in [0.25, 0.3) is 0 Å². The van der Waals surface area contributed by atoms with Crippen molar-refractivity contribution in [3.8, 4) is 28.7 Å². The molecular weight excluding hydrogens is 394 g/mol. The zero-order valence-electron chi connectivity index (χ0n) is 17.8. The number of ether oxygens (including phenoxy) is 4. The smallest absolute Gasteiger partial charge is 0.227 e. The van der Waals surface area contributed by atoms with Gasteiger partial charge in [0.25, 0.3) is 0 Å². The van der Waals surface area contributed by atoms with Crippen molar-refractivity contribution in [1.82, 2.24) is 0 Å². The molecule has 0 fully saturated rings. The Kier molecular flexibility index (Phi) is 8.17. The standard InChI is InChI=1S/C25H27NO5/c1-3-28-20-13-15-22(16-14-20)31-21-11-9-19(10-12-21)26-25(27)17-18-30-24-8-6-5-7-23(24)29-4-2/h5-16H,3-4,17-18H2,1-2H3,(H,26,27). The van der Waals surface area contributed by atoms with Gasteiger partial charge in [-0.3, -0.25) is 4.79 Å². The van der Waals surface area contributed by atoms with E-state index < -0.39 is 0 Å². The Morgan fingerprint density at radius 2 is 1.26 bits per heavy atom. The summed E-state index contributed by atoms with van der Waals surface area (Å²) in [7, 11) is 0. The fourth-order valence-corrected chi connectivity index (χ4v) is 2.83. The van der Waals surface area contributed by atoms with Gasteiger partial charge in [-0.15, -0.1) is 0 Å². The summed E-state index contributed by atoms with van der Waals surface area (Å²) < 4.78 is 22.4. The Morgan fingerprint density at radius 1 is 0.710 bits per heavy atom. The summed E-state index contributed by atoms with van der Waals surface area (Å²) in [6.07, 6.45) is 0.227. The highest BCUT2D eigenvalue weighted by molar-refractivity contribution is 5.90. The summed E-state index contributed by atoms with van der Waals surface area (Å²) in [5, 5.41) is 2.86. The molecule has 0 saturated carbocycles. The lowest BCUT2D eigenvalue weighted by molar-refractivity contribution is -0.116. The quantitative estimate of drug-likeness (QED) is 0.431. The summed E-state index contributed by atoms with van der Waals surface area (Å²) in [6.45, 7) is 5.30. The fraction of sp³-hybridized carbons (Fsp3) is 0.240. The molecule has 0 saturated heterocycles. The van der Waals surface area contributed by atoms with Crippen LogP contribution in [-0.4, -0.2) is 25.7 Å². The number of rotatable bonds is 11. The molecule has 31 heavy (non-hydrogen) atoms. The van der Waals surface area contributed by atoms with E-state index in [0.717, 1.165) is 5.75 Å². The normalized spacial score (nSPS) is 10.3. The van der Waals surface area contributed by atoms with Gasteiger partial charge in [0, 0.05) is 5.69 Å². The highest BCUT2D eigenvalue weighted by Gasteiger charge is 2.07. The van der Waals surface area contributed by atoms with Crippen LogP contribution in [0.5, 0.6) is 28.7 Å². The summed E-state index contributed by atoms with van der Waals surface area (Å²) in [5.41, 5.74) is 0.693. The van der Waals surface area contributed by atoms with Gasteiger partial charge in [0.05, 0.1) is 26.2 Å². The maximum absolute atomic E-state index is 12.2. The van der Waals surface area contributed by atoms with E-state index in [4.69, 9.17) is 18.9 Å². The molecule has 0 atom stereocenters. The van der Waals surface area contributed by atoms with Crippen LogP contribution in [0.4, 0.5) is 5.69 Å². The first kappa shape index (κ1) is 22.0. The van der Waals surface area contributed by atoms with E-state index in [1.165, 1.54) is 0 Å². The number of carbonyl (C=O) groups excluding carboxylic acids is 1. The van der Waals surface area contributed by atoms with Crippen LogP contribution in [0.3, 0.4) is 0 Å². The second-order valence-corrected chi connectivity index (χ2v) is 6.56. The Hall–Kier alpha value is -3.67. The lowest BCUT2D eigenvalue weighted by Gasteiger charge is -2.12. The molecule has 3 rings (SSSR count). The summed E-state index contributed by atoms with van der Waals surface area (Å²) in [5.74, 6) is 3.37. The van der Waals surface area contributed by atoms with Crippen LogP contribution in [-0.2, 0) is 4.79 Å². The van der Waals surface area contributed by atoms with Crippen LogP contribution < -0.4 is 24.3 Å². The molecule has 0 aliphatic rings. The first-order valence-electron chi connectivity index (χ1n) is 10.3. The molecule has 0 aromatic heterocycles. The zero-order chi connectivity index (χ0) is 21.9. The van der Waals surface area contributed by atoms with Crippen LogP contribution in [0, 0.1) is 0 Å². The Labute approximate surface area is 182 Å². The van der Waals surface area contributed by atoms with Gasteiger partial charge in [0.2, 0.25) is 5.91 Å². The minimum absolute atomic E-state index is 0.130.